The third-order valence-electron chi connectivity index (χ3n) is 4.98. The first-order valence-electron chi connectivity index (χ1n) is 8.88. The van der Waals surface area contributed by atoms with Crippen molar-refractivity contribution >= 4 is 15.8 Å². The quantitative estimate of drug-likeness (QED) is 0.775. The van der Waals surface area contributed by atoms with Gasteiger partial charge >= 0.3 is 0 Å². The van der Waals surface area contributed by atoms with Crippen LogP contribution in [0.5, 0.6) is 5.75 Å². The second kappa shape index (κ2) is 8.24. The van der Waals surface area contributed by atoms with Gasteiger partial charge < -0.3 is 15.0 Å². The maximum Gasteiger partial charge on any atom is 0.294 e. The number of nitrogens with one attached hydrogen (secondary N) is 1. The molecule has 7 nitrogen and oxygen atoms in total. The third-order valence-corrected chi connectivity index (χ3v) is 5.85. The summed E-state index contributed by atoms with van der Waals surface area (Å²) in [6.07, 6.45) is 4.97. The van der Waals surface area contributed by atoms with Gasteiger partial charge in [0.05, 0.1) is 30.1 Å². The summed E-state index contributed by atoms with van der Waals surface area (Å²) in [6, 6.07) is 8.72. The Labute approximate surface area is 160 Å². The van der Waals surface area contributed by atoms with Crippen LogP contribution < -0.4 is 15.0 Å². The lowest BCUT2D eigenvalue weighted by Gasteiger charge is -2.19. The van der Waals surface area contributed by atoms with Crippen molar-refractivity contribution in [3.63, 3.8) is 0 Å². The van der Waals surface area contributed by atoms with Gasteiger partial charge in [0.25, 0.3) is 10.1 Å². The minimum atomic E-state index is -4.02. The Morgan fingerprint density at radius 3 is 2.59 bits per heavy atom. The standard InChI is InChI=1S/C12H17N3O.C7H8O3S/c1-16-11-4-10(5-13-6-11)15-7-9-2-3-14-12(9)8-15;1-6-2-4-7(5-3-6)11(8,9)10/h4-6,9,12,14H,2-3,7-8H2,1H3;2-5H,1H3,(H,8,9,10)/t9-,12+;/m0./s1. The van der Waals surface area contributed by atoms with Gasteiger partial charge in [-0.15, -0.1) is 0 Å². The fraction of sp³-hybridized carbons (Fsp3) is 0.421. The maximum absolute atomic E-state index is 10.5. The topological polar surface area (TPSA) is 91.8 Å². The van der Waals surface area contributed by atoms with E-state index in [2.05, 4.69) is 21.3 Å². The molecule has 4 rings (SSSR count). The summed E-state index contributed by atoms with van der Waals surface area (Å²) in [5.74, 6) is 1.65. The second-order valence-electron chi connectivity index (χ2n) is 6.89. The number of aromatic nitrogens is 1. The van der Waals surface area contributed by atoms with Gasteiger partial charge in [0.1, 0.15) is 5.75 Å². The first-order valence-corrected chi connectivity index (χ1v) is 10.3. The summed E-state index contributed by atoms with van der Waals surface area (Å²) in [4.78, 5) is 6.54. The first kappa shape index (κ1) is 19.6. The van der Waals surface area contributed by atoms with Gasteiger partial charge in [-0.2, -0.15) is 8.42 Å². The lowest BCUT2D eigenvalue weighted by atomic mass is 10.1. The lowest BCUT2D eigenvalue weighted by molar-refractivity contribution is 0.413. The normalized spacial score (nSPS) is 21.4. The van der Waals surface area contributed by atoms with Crippen molar-refractivity contribution in [3.05, 3.63) is 48.3 Å². The highest BCUT2D eigenvalue weighted by atomic mass is 32.2. The van der Waals surface area contributed by atoms with Gasteiger partial charge in [0.15, 0.2) is 0 Å². The molecule has 2 aromatic rings. The molecule has 2 aliphatic rings. The third kappa shape index (κ3) is 4.97. The molecular weight excluding hydrogens is 366 g/mol. The summed E-state index contributed by atoms with van der Waals surface area (Å²) >= 11 is 0. The zero-order valence-electron chi connectivity index (χ0n) is 15.5. The summed E-state index contributed by atoms with van der Waals surface area (Å²) in [5.41, 5.74) is 2.13. The molecule has 0 aliphatic carbocycles. The predicted molar refractivity (Wildman–Crippen MR) is 104 cm³/mol. The Kier molecular flexibility index (Phi) is 5.98. The van der Waals surface area contributed by atoms with E-state index in [1.807, 2.05) is 13.1 Å². The van der Waals surface area contributed by atoms with E-state index in [9.17, 15) is 8.42 Å². The molecule has 1 aromatic heterocycles. The fourth-order valence-electron chi connectivity index (χ4n) is 3.46. The van der Waals surface area contributed by atoms with Crippen molar-refractivity contribution < 1.29 is 17.7 Å². The van der Waals surface area contributed by atoms with Crippen molar-refractivity contribution in [1.29, 1.82) is 0 Å². The first-order chi connectivity index (χ1) is 12.9. The number of pyridine rings is 1. The highest BCUT2D eigenvalue weighted by molar-refractivity contribution is 7.85. The SMILES string of the molecule is COc1cncc(N2C[C@@H]3CCN[C@@H]3C2)c1.Cc1ccc(S(=O)(=O)O)cc1. The van der Waals surface area contributed by atoms with E-state index in [1.54, 1.807) is 25.4 Å². The minimum Gasteiger partial charge on any atom is -0.495 e. The zero-order chi connectivity index (χ0) is 19.4. The molecule has 0 amide bonds. The van der Waals surface area contributed by atoms with Crippen molar-refractivity contribution in [3.8, 4) is 5.75 Å². The van der Waals surface area contributed by atoms with E-state index >= 15 is 0 Å². The van der Waals surface area contributed by atoms with Crippen molar-refractivity contribution in [1.82, 2.24) is 10.3 Å². The predicted octanol–water partition coefficient (Wildman–Crippen LogP) is 2.13. The van der Waals surface area contributed by atoms with Crippen LogP contribution in [0.2, 0.25) is 0 Å². The highest BCUT2D eigenvalue weighted by Crippen LogP contribution is 2.29. The van der Waals surface area contributed by atoms with Crippen LogP contribution in [0.15, 0.2) is 47.6 Å². The van der Waals surface area contributed by atoms with Gasteiger partial charge in [-0.1, -0.05) is 17.7 Å². The van der Waals surface area contributed by atoms with E-state index in [4.69, 9.17) is 9.29 Å². The Bertz CT molecular complexity index is 859. The molecule has 0 spiro atoms. The number of nitrogens with zero attached hydrogens (tertiary/aromatic N) is 2. The Hall–Kier alpha value is -2.16. The molecule has 0 radical (unpaired) electrons. The fourth-order valence-corrected chi connectivity index (χ4v) is 3.94. The van der Waals surface area contributed by atoms with Crippen LogP contribution in [0.1, 0.15) is 12.0 Å². The molecule has 2 aliphatic heterocycles. The van der Waals surface area contributed by atoms with Gasteiger partial charge in [0, 0.05) is 25.2 Å². The van der Waals surface area contributed by atoms with E-state index in [0.717, 1.165) is 30.3 Å². The lowest BCUT2D eigenvalue weighted by Crippen LogP contribution is -2.30. The number of fused-ring (bicyclic) bond motifs is 1. The van der Waals surface area contributed by atoms with Crippen molar-refractivity contribution in [2.24, 2.45) is 5.92 Å². The molecule has 2 N–H and O–H groups in total. The monoisotopic (exact) mass is 391 g/mol. The average molecular weight is 391 g/mol. The summed E-state index contributed by atoms with van der Waals surface area (Å²) < 4.78 is 34.8. The Morgan fingerprint density at radius 2 is 1.96 bits per heavy atom. The van der Waals surface area contributed by atoms with Gasteiger partial charge in [-0.25, -0.2) is 0 Å². The number of rotatable bonds is 3. The van der Waals surface area contributed by atoms with Crippen LogP contribution in [0.4, 0.5) is 5.69 Å². The number of anilines is 1. The smallest absolute Gasteiger partial charge is 0.294 e. The van der Waals surface area contributed by atoms with Gasteiger partial charge in [-0.3, -0.25) is 9.54 Å². The maximum atomic E-state index is 10.5. The molecule has 0 saturated carbocycles. The molecule has 8 heteroatoms. The van der Waals surface area contributed by atoms with E-state index in [1.165, 1.54) is 30.8 Å². The summed E-state index contributed by atoms with van der Waals surface area (Å²) in [5, 5.41) is 3.55. The average Bonchev–Trinajstić information content (AvgIpc) is 3.24. The van der Waals surface area contributed by atoms with E-state index < -0.39 is 10.1 Å². The van der Waals surface area contributed by atoms with Gasteiger partial charge in [-0.05, 0) is 37.9 Å². The van der Waals surface area contributed by atoms with Crippen LogP contribution in [-0.2, 0) is 10.1 Å². The second-order valence-corrected chi connectivity index (χ2v) is 8.31. The number of aryl methyl sites for hydroxylation is 1. The number of benzene rings is 1. The largest absolute Gasteiger partial charge is 0.495 e. The number of ether oxygens (including phenoxy) is 1. The van der Waals surface area contributed by atoms with Crippen LogP contribution >= 0.6 is 0 Å². The molecular formula is C19H25N3O4S. The van der Waals surface area contributed by atoms with Crippen molar-refractivity contribution in [2.75, 3.05) is 31.6 Å². The van der Waals surface area contributed by atoms with Crippen LogP contribution in [0.25, 0.3) is 0 Å². The molecule has 1 aromatic carbocycles. The Balaban J connectivity index is 0.000000168. The van der Waals surface area contributed by atoms with Crippen LogP contribution in [-0.4, -0.2) is 50.7 Å². The number of hydrogen-bond donors (Lipinski definition) is 2. The molecule has 146 valence electrons. The molecule has 2 fully saturated rings. The van der Waals surface area contributed by atoms with Crippen molar-refractivity contribution in [2.45, 2.75) is 24.3 Å². The molecule has 2 saturated heterocycles. The molecule has 27 heavy (non-hydrogen) atoms. The van der Waals surface area contributed by atoms with Crippen LogP contribution in [0.3, 0.4) is 0 Å². The Morgan fingerprint density at radius 1 is 1.22 bits per heavy atom. The minimum absolute atomic E-state index is 0.0666. The summed E-state index contributed by atoms with van der Waals surface area (Å²) in [7, 11) is -2.34. The zero-order valence-corrected chi connectivity index (χ0v) is 16.3. The molecule has 0 unspecified atom stereocenters. The number of hydrogen-bond acceptors (Lipinski definition) is 6. The number of methoxy groups -OCH3 is 1. The van der Waals surface area contributed by atoms with Crippen LogP contribution in [0, 0.1) is 12.8 Å². The summed E-state index contributed by atoms with van der Waals surface area (Å²) in [6.45, 7) is 5.26. The molecule has 0 bridgehead atoms. The van der Waals surface area contributed by atoms with E-state index in [-0.39, 0.29) is 4.90 Å². The van der Waals surface area contributed by atoms with Gasteiger partial charge in [0.2, 0.25) is 0 Å². The highest BCUT2D eigenvalue weighted by Gasteiger charge is 2.36. The van der Waals surface area contributed by atoms with E-state index in [0.29, 0.717) is 6.04 Å². The molecule has 2 atom stereocenters. The molecule has 3 heterocycles.